The largest absolute Gasteiger partial charge is 0.491 e. The Morgan fingerprint density at radius 2 is 2.00 bits per heavy atom. The lowest BCUT2D eigenvalue weighted by molar-refractivity contribution is -0.131. The lowest BCUT2D eigenvalue weighted by Gasteiger charge is -2.58. The molecule has 1 spiro atoms. The van der Waals surface area contributed by atoms with E-state index in [4.69, 9.17) is 14.9 Å². The zero-order valence-electron chi connectivity index (χ0n) is 13.5. The lowest BCUT2D eigenvalue weighted by Crippen LogP contribution is -2.65. The summed E-state index contributed by atoms with van der Waals surface area (Å²) in [6, 6.07) is 0. The van der Waals surface area contributed by atoms with Crippen LogP contribution in [0.3, 0.4) is 0 Å². The van der Waals surface area contributed by atoms with E-state index in [9.17, 15) is 4.79 Å². The summed E-state index contributed by atoms with van der Waals surface area (Å²) >= 11 is 0. The van der Waals surface area contributed by atoms with Crippen molar-refractivity contribution in [1.82, 2.24) is 4.90 Å². The SMILES string of the molecule is CC(C)(C)OC(=O)N1CC2(CC(OC3=CCC(=N)C=C3)C2)C1. The Kier molecular flexibility index (Phi) is 3.54. The number of amides is 1. The molecule has 0 aromatic rings. The van der Waals surface area contributed by atoms with E-state index in [1.165, 1.54) is 0 Å². The van der Waals surface area contributed by atoms with E-state index < -0.39 is 5.60 Å². The first-order valence-corrected chi connectivity index (χ1v) is 7.85. The Hall–Kier alpha value is -1.78. The first-order valence-electron chi connectivity index (χ1n) is 7.85. The van der Waals surface area contributed by atoms with Gasteiger partial charge < -0.3 is 19.8 Å². The van der Waals surface area contributed by atoms with Gasteiger partial charge in [-0.15, -0.1) is 0 Å². The minimum Gasteiger partial charge on any atom is -0.491 e. The molecule has 5 heteroatoms. The Morgan fingerprint density at radius 3 is 2.55 bits per heavy atom. The molecule has 0 unspecified atom stereocenters. The second-order valence-electron chi connectivity index (χ2n) is 7.65. The highest BCUT2D eigenvalue weighted by molar-refractivity contribution is 5.94. The summed E-state index contributed by atoms with van der Waals surface area (Å²) in [6.45, 7) is 7.22. The van der Waals surface area contributed by atoms with Crippen molar-refractivity contribution in [3.63, 3.8) is 0 Å². The van der Waals surface area contributed by atoms with Crippen LogP contribution in [0.5, 0.6) is 0 Å². The summed E-state index contributed by atoms with van der Waals surface area (Å²) in [5.41, 5.74) is 0.427. The highest BCUT2D eigenvalue weighted by Crippen LogP contribution is 2.50. The molecule has 1 saturated carbocycles. The number of ether oxygens (including phenoxy) is 2. The number of hydrogen-bond acceptors (Lipinski definition) is 4. The number of nitrogens with one attached hydrogen (secondary N) is 1. The van der Waals surface area contributed by atoms with Crippen LogP contribution in [-0.2, 0) is 9.47 Å². The van der Waals surface area contributed by atoms with Gasteiger partial charge in [0.2, 0.25) is 0 Å². The van der Waals surface area contributed by atoms with E-state index in [-0.39, 0.29) is 17.6 Å². The third-order valence-corrected chi connectivity index (χ3v) is 4.30. The van der Waals surface area contributed by atoms with Crippen molar-refractivity contribution in [3.8, 4) is 0 Å². The summed E-state index contributed by atoms with van der Waals surface area (Å²) in [6.07, 6.45) is 8.28. The Balaban J connectivity index is 1.41. The second kappa shape index (κ2) is 5.14. The van der Waals surface area contributed by atoms with E-state index in [1.54, 1.807) is 11.0 Å². The van der Waals surface area contributed by atoms with Crippen LogP contribution < -0.4 is 0 Å². The number of allylic oxidation sites excluding steroid dienone is 3. The third kappa shape index (κ3) is 3.18. The molecule has 22 heavy (non-hydrogen) atoms. The summed E-state index contributed by atoms with van der Waals surface area (Å²) in [7, 11) is 0. The van der Waals surface area contributed by atoms with Gasteiger partial charge in [0, 0.05) is 30.6 Å². The van der Waals surface area contributed by atoms with Crippen LogP contribution in [0, 0.1) is 10.8 Å². The minimum atomic E-state index is -0.432. The van der Waals surface area contributed by atoms with E-state index in [1.807, 2.05) is 32.9 Å². The second-order valence-corrected chi connectivity index (χ2v) is 7.65. The number of nitrogens with zero attached hydrogens (tertiary/aromatic N) is 1. The van der Waals surface area contributed by atoms with Gasteiger partial charge in [-0.05, 0) is 51.8 Å². The summed E-state index contributed by atoms with van der Waals surface area (Å²) in [5, 5.41) is 7.51. The topological polar surface area (TPSA) is 62.6 Å². The molecule has 3 aliphatic rings. The molecule has 5 nitrogen and oxygen atoms in total. The molecule has 2 aliphatic carbocycles. The maximum absolute atomic E-state index is 11.9. The van der Waals surface area contributed by atoms with Crippen molar-refractivity contribution in [3.05, 3.63) is 24.0 Å². The van der Waals surface area contributed by atoms with Gasteiger partial charge in [0.05, 0.1) is 0 Å². The molecule has 1 amide bonds. The summed E-state index contributed by atoms with van der Waals surface area (Å²) in [4.78, 5) is 13.7. The zero-order valence-corrected chi connectivity index (χ0v) is 13.5. The fourth-order valence-electron chi connectivity index (χ4n) is 3.28. The summed E-state index contributed by atoms with van der Waals surface area (Å²) in [5.74, 6) is 0.874. The molecule has 0 radical (unpaired) electrons. The molecule has 1 heterocycles. The van der Waals surface area contributed by atoms with Crippen molar-refractivity contribution in [2.24, 2.45) is 5.41 Å². The highest BCUT2D eigenvalue weighted by Gasteiger charge is 2.55. The third-order valence-electron chi connectivity index (χ3n) is 4.30. The molecule has 1 aliphatic heterocycles. The van der Waals surface area contributed by atoms with Gasteiger partial charge in [-0.25, -0.2) is 4.79 Å². The van der Waals surface area contributed by atoms with Gasteiger partial charge in [0.15, 0.2) is 0 Å². The number of carbonyl (C=O) groups is 1. The fourth-order valence-corrected chi connectivity index (χ4v) is 3.28. The predicted molar refractivity (Wildman–Crippen MR) is 83.9 cm³/mol. The molecule has 1 saturated heterocycles. The number of carbonyl (C=O) groups excluding carboxylic acids is 1. The van der Waals surface area contributed by atoms with Crippen LogP contribution in [-0.4, -0.2) is 41.5 Å². The fraction of sp³-hybridized carbons (Fsp3) is 0.647. The van der Waals surface area contributed by atoms with Crippen molar-refractivity contribution in [1.29, 1.82) is 5.41 Å². The molecule has 0 atom stereocenters. The van der Waals surface area contributed by atoms with Crippen molar-refractivity contribution in [2.45, 2.75) is 51.7 Å². The molecular weight excluding hydrogens is 280 g/mol. The van der Waals surface area contributed by atoms with Gasteiger partial charge in [0.25, 0.3) is 0 Å². The van der Waals surface area contributed by atoms with E-state index >= 15 is 0 Å². The van der Waals surface area contributed by atoms with Gasteiger partial charge in [0.1, 0.15) is 17.5 Å². The van der Waals surface area contributed by atoms with Crippen LogP contribution in [0.4, 0.5) is 4.79 Å². The average molecular weight is 304 g/mol. The average Bonchev–Trinajstić information content (AvgIpc) is 2.30. The monoisotopic (exact) mass is 304 g/mol. The Bertz CT molecular complexity index is 543. The van der Waals surface area contributed by atoms with Crippen molar-refractivity contribution in [2.75, 3.05) is 13.1 Å². The number of hydrogen-bond donors (Lipinski definition) is 1. The van der Waals surface area contributed by atoms with E-state index in [0.717, 1.165) is 31.7 Å². The lowest BCUT2D eigenvalue weighted by atomic mass is 9.62. The van der Waals surface area contributed by atoms with Crippen LogP contribution in [0.1, 0.15) is 40.0 Å². The molecule has 0 aromatic carbocycles. The van der Waals surface area contributed by atoms with Gasteiger partial charge >= 0.3 is 6.09 Å². The van der Waals surface area contributed by atoms with E-state index in [2.05, 4.69) is 0 Å². The number of likely N-dealkylation sites (tertiary alicyclic amines) is 1. The Labute approximate surface area is 131 Å². The molecule has 1 N–H and O–H groups in total. The van der Waals surface area contributed by atoms with Gasteiger partial charge in [-0.1, -0.05) is 0 Å². The molecule has 120 valence electrons. The summed E-state index contributed by atoms with van der Waals surface area (Å²) < 4.78 is 11.3. The van der Waals surface area contributed by atoms with Crippen molar-refractivity contribution < 1.29 is 14.3 Å². The molecular formula is C17H24N2O3. The predicted octanol–water partition coefficient (Wildman–Crippen LogP) is 3.27. The van der Waals surface area contributed by atoms with Crippen LogP contribution >= 0.6 is 0 Å². The van der Waals surface area contributed by atoms with Gasteiger partial charge in [-0.2, -0.15) is 0 Å². The van der Waals surface area contributed by atoms with Crippen LogP contribution in [0.25, 0.3) is 0 Å². The quantitative estimate of drug-likeness (QED) is 0.851. The maximum Gasteiger partial charge on any atom is 0.410 e. The standard InChI is InChI=1S/C17H24N2O3/c1-16(2,3)22-15(20)19-10-17(11-19)8-14(9-17)21-13-6-4-12(18)5-7-13/h4,6-7,14,18H,5,8-11H2,1-3H3. The van der Waals surface area contributed by atoms with Crippen LogP contribution in [0.15, 0.2) is 24.0 Å². The van der Waals surface area contributed by atoms with E-state index in [0.29, 0.717) is 12.1 Å². The highest BCUT2D eigenvalue weighted by atomic mass is 16.6. The first kappa shape index (κ1) is 15.1. The molecule has 0 bridgehead atoms. The molecule has 2 fully saturated rings. The Morgan fingerprint density at radius 1 is 1.32 bits per heavy atom. The minimum absolute atomic E-state index is 0.209. The molecule has 0 aromatic heterocycles. The maximum atomic E-state index is 11.9. The van der Waals surface area contributed by atoms with Gasteiger partial charge in [-0.3, -0.25) is 0 Å². The normalized spacial score (nSPS) is 23.7. The molecule has 3 rings (SSSR count). The number of rotatable bonds is 2. The zero-order chi connectivity index (χ0) is 16.0. The van der Waals surface area contributed by atoms with Crippen LogP contribution in [0.2, 0.25) is 0 Å². The first-order chi connectivity index (χ1) is 10.2. The van der Waals surface area contributed by atoms with Crippen molar-refractivity contribution >= 4 is 11.8 Å². The smallest absolute Gasteiger partial charge is 0.410 e.